The highest BCUT2D eigenvalue weighted by Gasteiger charge is 2.25. The molecule has 1 saturated heterocycles. The van der Waals surface area contributed by atoms with Crippen molar-refractivity contribution in [1.82, 2.24) is 4.90 Å². The zero-order valence-corrected chi connectivity index (χ0v) is 15.3. The third-order valence-corrected chi connectivity index (χ3v) is 4.63. The van der Waals surface area contributed by atoms with E-state index in [9.17, 15) is 4.79 Å². The highest BCUT2D eigenvalue weighted by Crippen LogP contribution is 2.25. The molecule has 0 N–H and O–H groups in total. The molecule has 1 aliphatic rings. The molecule has 1 aliphatic heterocycles. The second kappa shape index (κ2) is 8.72. The van der Waals surface area contributed by atoms with Crippen molar-refractivity contribution in [2.75, 3.05) is 33.9 Å². The fourth-order valence-electron chi connectivity index (χ4n) is 3.17. The lowest BCUT2D eigenvalue weighted by Gasteiger charge is -2.33. The van der Waals surface area contributed by atoms with Crippen LogP contribution in [0.4, 0.5) is 0 Å². The summed E-state index contributed by atoms with van der Waals surface area (Å²) < 4.78 is 16.4. The standard InChI is InChI=1S/C21H25NO4/c1-24-18-12-16(13-19(14-18)25-2)8-9-21(23)22-10-11-26-20(15-22)17-6-4-3-5-7-17/h3-7,12-14,20H,8-11,15H2,1-2H3. The molecular weight excluding hydrogens is 330 g/mol. The maximum absolute atomic E-state index is 12.7. The van der Waals surface area contributed by atoms with Crippen LogP contribution < -0.4 is 9.47 Å². The van der Waals surface area contributed by atoms with Crippen molar-refractivity contribution < 1.29 is 19.0 Å². The van der Waals surface area contributed by atoms with Crippen LogP contribution in [-0.2, 0) is 16.0 Å². The van der Waals surface area contributed by atoms with Crippen LogP contribution in [0.5, 0.6) is 11.5 Å². The monoisotopic (exact) mass is 355 g/mol. The minimum atomic E-state index is -0.0502. The van der Waals surface area contributed by atoms with E-state index in [2.05, 4.69) is 0 Å². The van der Waals surface area contributed by atoms with E-state index in [0.717, 1.165) is 22.6 Å². The zero-order valence-electron chi connectivity index (χ0n) is 15.3. The van der Waals surface area contributed by atoms with Gasteiger partial charge in [0.05, 0.1) is 27.4 Å². The highest BCUT2D eigenvalue weighted by molar-refractivity contribution is 5.76. The maximum atomic E-state index is 12.7. The van der Waals surface area contributed by atoms with Gasteiger partial charge in [0, 0.05) is 19.0 Å². The zero-order chi connectivity index (χ0) is 18.4. The van der Waals surface area contributed by atoms with Crippen LogP contribution in [0.1, 0.15) is 23.7 Å². The number of carbonyl (C=O) groups excluding carboxylic acids is 1. The summed E-state index contributed by atoms with van der Waals surface area (Å²) >= 11 is 0. The van der Waals surface area contributed by atoms with Gasteiger partial charge in [-0.2, -0.15) is 0 Å². The molecule has 0 saturated carbocycles. The van der Waals surface area contributed by atoms with E-state index >= 15 is 0 Å². The fraction of sp³-hybridized carbons (Fsp3) is 0.381. The van der Waals surface area contributed by atoms with E-state index in [1.807, 2.05) is 53.4 Å². The number of benzene rings is 2. The topological polar surface area (TPSA) is 48.0 Å². The number of morpholine rings is 1. The van der Waals surface area contributed by atoms with Gasteiger partial charge in [-0.15, -0.1) is 0 Å². The molecule has 26 heavy (non-hydrogen) atoms. The SMILES string of the molecule is COc1cc(CCC(=O)N2CCOC(c3ccccc3)C2)cc(OC)c1. The normalized spacial score (nSPS) is 17.0. The van der Waals surface area contributed by atoms with Crippen molar-refractivity contribution in [3.8, 4) is 11.5 Å². The Morgan fingerprint density at radius 3 is 2.46 bits per heavy atom. The third kappa shape index (κ3) is 4.55. The summed E-state index contributed by atoms with van der Waals surface area (Å²) in [4.78, 5) is 14.6. The maximum Gasteiger partial charge on any atom is 0.223 e. The van der Waals surface area contributed by atoms with Crippen molar-refractivity contribution in [2.45, 2.75) is 18.9 Å². The van der Waals surface area contributed by atoms with Gasteiger partial charge < -0.3 is 19.1 Å². The lowest BCUT2D eigenvalue weighted by molar-refractivity contribution is -0.139. The molecule has 2 aromatic rings. The van der Waals surface area contributed by atoms with Gasteiger partial charge in [-0.05, 0) is 29.7 Å². The Kier molecular flexibility index (Phi) is 6.12. The van der Waals surface area contributed by atoms with Crippen molar-refractivity contribution >= 4 is 5.91 Å². The largest absolute Gasteiger partial charge is 0.497 e. The molecule has 5 heteroatoms. The fourth-order valence-corrected chi connectivity index (χ4v) is 3.17. The van der Waals surface area contributed by atoms with E-state index in [4.69, 9.17) is 14.2 Å². The molecule has 0 aliphatic carbocycles. The molecular formula is C21H25NO4. The molecule has 0 spiro atoms. The summed E-state index contributed by atoms with van der Waals surface area (Å²) in [7, 11) is 3.25. The second-order valence-electron chi connectivity index (χ2n) is 6.33. The molecule has 1 heterocycles. The molecule has 1 unspecified atom stereocenters. The van der Waals surface area contributed by atoms with Crippen molar-refractivity contribution in [3.63, 3.8) is 0 Å². The summed E-state index contributed by atoms with van der Waals surface area (Å²) in [6, 6.07) is 15.8. The number of nitrogens with zero attached hydrogens (tertiary/aromatic N) is 1. The van der Waals surface area contributed by atoms with Crippen LogP contribution in [0.15, 0.2) is 48.5 Å². The van der Waals surface area contributed by atoms with Gasteiger partial charge in [0.15, 0.2) is 0 Å². The predicted molar refractivity (Wildman–Crippen MR) is 99.6 cm³/mol. The van der Waals surface area contributed by atoms with Crippen molar-refractivity contribution in [1.29, 1.82) is 0 Å². The number of carbonyl (C=O) groups is 1. The molecule has 0 bridgehead atoms. The van der Waals surface area contributed by atoms with Crippen LogP contribution in [0.3, 0.4) is 0 Å². The van der Waals surface area contributed by atoms with Gasteiger partial charge in [-0.1, -0.05) is 30.3 Å². The van der Waals surface area contributed by atoms with E-state index in [1.165, 1.54) is 0 Å². The Labute approximate surface area is 154 Å². The number of hydrogen-bond acceptors (Lipinski definition) is 4. The number of rotatable bonds is 6. The Morgan fingerprint density at radius 2 is 1.81 bits per heavy atom. The van der Waals surface area contributed by atoms with Crippen LogP contribution in [-0.4, -0.2) is 44.7 Å². The van der Waals surface area contributed by atoms with Gasteiger partial charge in [0.25, 0.3) is 0 Å². The molecule has 0 radical (unpaired) electrons. The van der Waals surface area contributed by atoms with E-state index in [0.29, 0.717) is 32.5 Å². The summed E-state index contributed by atoms with van der Waals surface area (Å²) in [5, 5.41) is 0. The smallest absolute Gasteiger partial charge is 0.223 e. The lowest BCUT2D eigenvalue weighted by atomic mass is 10.1. The van der Waals surface area contributed by atoms with Gasteiger partial charge >= 0.3 is 0 Å². The van der Waals surface area contributed by atoms with Crippen LogP contribution in [0.25, 0.3) is 0 Å². The number of ether oxygens (including phenoxy) is 3. The summed E-state index contributed by atoms with van der Waals surface area (Å²) in [6.07, 6.45) is 1.06. The minimum Gasteiger partial charge on any atom is -0.497 e. The molecule has 5 nitrogen and oxygen atoms in total. The Balaban J connectivity index is 1.59. The molecule has 1 fully saturated rings. The predicted octanol–water partition coefficient (Wildman–Crippen LogP) is 3.24. The van der Waals surface area contributed by atoms with E-state index in [1.54, 1.807) is 14.2 Å². The first-order valence-electron chi connectivity index (χ1n) is 8.86. The van der Waals surface area contributed by atoms with Gasteiger partial charge in [-0.25, -0.2) is 0 Å². The molecule has 138 valence electrons. The molecule has 1 amide bonds. The van der Waals surface area contributed by atoms with E-state index in [-0.39, 0.29) is 12.0 Å². The summed E-state index contributed by atoms with van der Waals surface area (Å²) in [5.41, 5.74) is 2.14. The number of amides is 1. The van der Waals surface area contributed by atoms with Gasteiger partial charge in [0.1, 0.15) is 17.6 Å². The first-order chi connectivity index (χ1) is 12.7. The van der Waals surface area contributed by atoms with Crippen LogP contribution in [0, 0.1) is 0 Å². The van der Waals surface area contributed by atoms with Crippen molar-refractivity contribution in [3.05, 3.63) is 59.7 Å². The number of aryl methyl sites for hydroxylation is 1. The Bertz CT molecular complexity index is 710. The average Bonchev–Trinajstić information content (AvgIpc) is 2.72. The van der Waals surface area contributed by atoms with Crippen LogP contribution >= 0.6 is 0 Å². The Morgan fingerprint density at radius 1 is 1.12 bits per heavy atom. The third-order valence-electron chi connectivity index (χ3n) is 4.63. The molecule has 0 aromatic heterocycles. The van der Waals surface area contributed by atoms with Crippen molar-refractivity contribution in [2.24, 2.45) is 0 Å². The second-order valence-corrected chi connectivity index (χ2v) is 6.33. The first-order valence-corrected chi connectivity index (χ1v) is 8.86. The highest BCUT2D eigenvalue weighted by atomic mass is 16.5. The first kappa shape index (κ1) is 18.3. The van der Waals surface area contributed by atoms with Gasteiger partial charge in [0.2, 0.25) is 5.91 Å². The summed E-state index contributed by atoms with van der Waals surface area (Å²) in [5.74, 6) is 1.63. The Hall–Kier alpha value is -2.53. The summed E-state index contributed by atoms with van der Waals surface area (Å²) in [6.45, 7) is 1.81. The molecule has 2 aromatic carbocycles. The van der Waals surface area contributed by atoms with Crippen LogP contribution in [0.2, 0.25) is 0 Å². The lowest BCUT2D eigenvalue weighted by Crippen LogP contribution is -2.42. The minimum absolute atomic E-state index is 0.0502. The quantitative estimate of drug-likeness (QED) is 0.798. The van der Waals surface area contributed by atoms with E-state index < -0.39 is 0 Å². The average molecular weight is 355 g/mol. The number of methoxy groups -OCH3 is 2. The molecule has 1 atom stereocenters. The van der Waals surface area contributed by atoms with Gasteiger partial charge in [-0.3, -0.25) is 4.79 Å². The molecule has 3 rings (SSSR count). The number of hydrogen-bond donors (Lipinski definition) is 0.